The molecule has 0 aliphatic heterocycles. The number of hydrogen-bond donors (Lipinski definition) is 0. The van der Waals surface area contributed by atoms with Crippen LogP contribution in [0.2, 0.25) is 0 Å². The summed E-state index contributed by atoms with van der Waals surface area (Å²) in [6, 6.07) is 9.29. The lowest BCUT2D eigenvalue weighted by atomic mass is 10.1. The van der Waals surface area contributed by atoms with E-state index >= 15 is 0 Å². The normalized spacial score (nSPS) is 16.8. The number of allylic oxidation sites excluding steroid dienone is 5. The summed E-state index contributed by atoms with van der Waals surface area (Å²) in [6.45, 7) is 6.21. The van der Waals surface area contributed by atoms with Crippen molar-refractivity contribution in [3.05, 3.63) is 70.4 Å². The molecule has 0 saturated carbocycles. The number of rotatable bonds is 6. The Kier molecular flexibility index (Phi) is 6.02. The topological polar surface area (TPSA) is 20.3 Å². The van der Waals surface area contributed by atoms with E-state index in [-0.39, 0.29) is 5.78 Å². The van der Waals surface area contributed by atoms with Crippen LogP contribution < -0.4 is 0 Å². The third-order valence-electron chi connectivity index (χ3n) is 3.87. The molecule has 0 radical (unpaired) electrons. The van der Waals surface area contributed by atoms with E-state index < -0.39 is 0 Å². The molecule has 1 aromatic rings. The van der Waals surface area contributed by atoms with Gasteiger partial charge in [0, 0.05) is 29.9 Å². The fourth-order valence-electron chi connectivity index (χ4n) is 2.47. The quantitative estimate of drug-likeness (QED) is 0.547. The summed E-state index contributed by atoms with van der Waals surface area (Å²) in [4.78, 5) is 14.3. The fourth-order valence-corrected chi connectivity index (χ4v) is 2.78. The van der Waals surface area contributed by atoms with Gasteiger partial charge in [-0.1, -0.05) is 48.0 Å². The van der Waals surface area contributed by atoms with E-state index in [4.69, 9.17) is 11.6 Å². The van der Waals surface area contributed by atoms with Crippen molar-refractivity contribution in [2.24, 2.45) is 0 Å². The first-order chi connectivity index (χ1) is 10.7. The fraction of sp³-hybridized carbons (Fsp3) is 0.316. The summed E-state index contributed by atoms with van der Waals surface area (Å²) in [6.07, 6.45) is 7.45. The molecule has 1 aliphatic carbocycles. The first-order valence-electron chi connectivity index (χ1n) is 7.77. The van der Waals surface area contributed by atoms with Gasteiger partial charge in [0.15, 0.2) is 5.78 Å². The molecule has 2 rings (SSSR count). The van der Waals surface area contributed by atoms with E-state index in [1.165, 1.54) is 0 Å². The van der Waals surface area contributed by atoms with E-state index in [0.717, 1.165) is 42.1 Å². The van der Waals surface area contributed by atoms with E-state index in [1.807, 2.05) is 36.4 Å². The van der Waals surface area contributed by atoms with Crippen LogP contribution >= 0.6 is 11.6 Å². The molecule has 0 amide bonds. The molecular weight excluding hydrogens is 294 g/mol. The van der Waals surface area contributed by atoms with Gasteiger partial charge in [0.25, 0.3) is 0 Å². The lowest BCUT2D eigenvalue weighted by Crippen LogP contribution is -2.16. The van der Waals surface area contributed by atoms with Crippen molar-refractivity contribution < 1.29 is 4.79 Å². The average Bonchev–Trinajstić information content (AvgIpc) is 2.91. The van der Waals surface area contributed by atoms with Crippen LogP contribution in [0.15, 0.2) is 64.9 Å². The molecule has 0 bridgehead atoms. The molecule has 0 N–H and O–H groups in total. The van der Waals surface area contributed by atoms with Gasteiger partial charge in [0.2, 0.25) is 0 Å². The maximum absolute atomic E-state index is 12.1. The minimum absolute atomic E-state index is 0.0127. The van der Waals surface area contributed by atoms with Crippen LogP contribution in [0.25, 0.3) is 0 Å². The van der Waals surface area contributed by atoms with Crippen LogP contribution in [0.3, 0.4) is 0 Å². The number of nitrogens with zero attached hydrogens (tertiary/aromatic N) is 1. The van der Waals surface area contributed by atoms with Crippen molar-refractivity contribution >= 4 is 17.4 Å². The Balaban J connectivity index is 2.11. The second-order valence-electron chi connectivity index (χ2n) is 5.28. The smallest absolute Gasteiger partial charge is 0.185 e. The third-order valence-corrected chi connectivity index (χ3v) is 4.36. The van der Waals surface area contributed by atoms with Crippen molar-refractivity contribution in [2.75, 3.05) is 13.1 Å². The van der Waals surface area contributed by atoms with E-state index in [0.29, 0.717) is 5.56 Å². The Labute approximate surface area is 137 Å². The molecule has 22 heavy (non-hydrogen) atoms. The SMILES string of the molecule is CCN(/C=C1\CCC(/C=C/C(=O)c2ccccc2)=C1Cl)CC. The van der Waals surface area contributed by atoms with E-state index in [1.54, 1.807) is 6.08 Å². The Morgan fingerprint density at radius 1 is 1.18 bits per heavy atom. The zero-order valence-corrected chi connectivity index (χ0v) is 13.9. The summed E-state index contributed by atoms with van der Waals surface area (Å²) in [5.41, 5.74) is 2.91. The number of benzene rings is 1. The van der Waals surface area contributed by atoms with E-state index in [9.17, 15) is 4.79 Å². The lowest BCUT2D eigenvalue weighted by molar-refractivity contribution is 0.104. The Morgan fingerprint density at radius 2 is 1.86 bits per heavy atom. The predicted molar refractivity (Wildman–Crippen MR) is 93.0 cm³/mol. The van der Waals surface area contributed by atoms with Crippen molar-refractivity contribution in [2.45, 2.75) is 26.7 Å². The maximum Gasteiger partial charge on any atom is 0.185 e. The van der Waals surface area contributed by atoms with Crippen LogP contribution in [-0.2, 0) is 0 Å². The number of carbonyl (C=O) groups excluding carboxylic acids is 1. The number of ketones is 1. The number of hydrogen-bond acceptors (Lipinski definition) is 2. The van der Waals surface area contributed by atoms with Crippen LogP contribution in [-0.4, -0.2) is 23.8 Å². The minimum Gasteiger partial charge on any atom is -0.378 e. The van der Waals surface area contributed by atoms with Crippen molar-refractivity contribution in [3.8, 4) is 0 Å². The standard InChI is InChI=1S/C19H22ClNO/c1-3-21(4-2)14-17-11-10-16(19(17)20)12-13-18(22)15-8-6-5-7-9-15/h5-9,12-14H,3-4,10-11H2,1-2H3/b13-12+,17-14+. The molecule has 0 heterocycles. The van der Waals surface area contributed by atoms with Gasteiger partial charge in [-0.15, -0.1) is 0 Å². The van der Waals surface area contributed by atoms with Gasteiger partial charge < -0.3 is 4.90 Å². The Bertz CT molecular complexity index is 610. The van der Waals surface area contributed by atoms with Gasteiger partial charge in [-0.3, -0.25) is 4.79 Å². The molecule has 0 unspecified atom stereocenters. The first kappa shape index (κ1) is 16.6. The van der Waals surface area contributed by atoms with Gasteiger partial charge in [-0.05, 0) is 43.9 Å². The number of carbonyl (C=O) groups is 1. The monoisotopic (exact) mass is 315 g/mol. The molecule has 2 nitrogen and oxygen atoms in total. The Hall–Kier alpha value is -1.80. The van der Waals surface area contributed by atoms with Crippen molar-refractivity contribution in [1.82, 2.24) is 4.90 Å². The summed E-state index contributed by atoms with van der Waals surface area (Å²) in [5, 5.41) is 0.795. The Morgan fingerprint density at radius 3 is 2.50 bits per heavy atom. The van der Waals surface area contributed by atoms with Crippen LogP contribution in [0, 0.1) is 0 Å². The van der Waals surface area contributed by atoms with Crippen LogP contribution in [0.1, 0.15) is 37.0 Å². The second-order valence-corrected chi connectivity index (χ2v) is 5.66. The molecule has 3 heteroatoms. The number of halogens is 1. The van der Waals surface area contributed by atoms with Crippen LogP contribution in [0.5, 0.6) is 0 Å². The molecule has 1 aromatic carbocycles. The highest BCUT2D eigenvalue weighted by molar-refractivity contribution is 6.33. The summed E-state index contributed by atoms with van der Waals surface area (Å²) < 4.78 is 0. The van der Waals surface area contributed by atoms with Crippen molar-refractivity contribution in [3.63, 3.8) is 0 Å². The van der Waals surface area contributed by atoms with Gasteiger partial charge >= 0.3 is 0 Å². The van der Waals surface area contributed by atoms with Crippen molar-refractivity contribution in [1.29, 1.82) is 0 Å². The summed E-state index contributed by atoms with van der Waals surface area (Å²) in [5.74, 6) is 0.0127. The second kappa shape index (κ2) is 8.00. The third kappa shape index (κ3) is 4.11. The summed E-state index contributed by atoms with van der Waals surface area (Å²) in [7, 11) is 0. The van der Waals surface area contributed by atoms with Gasteiger partial charge in [0.05, 0.1) is 0 Å². The molecule has 0 aromatic heterocycles. The summed E-state index contributed by atoms with van der Waals surface area (Å²) >= 11 is 6.45. The lowest BCUT2D eigenvalue weighted by Gasteiger charge is -2.16. The minimum atomic E-state index is 0.0127. The maximum atomic E-state index is 12.1. The molecule has 0 atom stereocenters. The molecule has 0 fully saturated rings. The van der Waals surface area contributed by atoms with Gasteiger partial charge in [-0.25, -0.2) is 0 Å². The van der Waals surface area contributed by atoms with E-state index in [2.05, 4.69) is 24.9 Å². The highest BCUT2D eigenvalue weighted by atomic mass is 35.5. The highest BCUT2D eigenvalue weighted by Gasteiger charge is 2.17. The van der Waals surface area contributed by atoms with Crippen LogP contribution in [0.4, 0.5) is 0 Å². The molecule has 0 spiro atoms. The molecule has 0 saturated heterocycles. The van der Waals surface area contributed by atoms with Gasteiger partial charge in [0.1, 0.15) is 0 Å². The average molecular weight is 316 g/mol. The zero-order chi connectivity index (χ0) is 15.9. The molecular formula is C19H22ClNO. The predicted octanol–water partition coefficient (Wildman–Crippen LogP) is 4.94. The molecule has 1 aliphatic rings. The largest absolute Gasteiger partial charge is 0.378 e. The zero-order valence-electron chi connectivity index (χ0n) is 13.2. The van der Waals surface area contributed by atoms with Gasteiger partial charge in [-0.2, -0.15) is 0 Å². The molecule has 116 valence electrons. The highest BCUT2D eigenvalue weighted by Crippen LogP contribution is 2.35. The first-order valence-corrected chi connectivity index (χ1v) is 8.14.